The van der Waals surface area contributed by atoms with Crippen LogP contribution in [-0.4, -0.2) is 68.5 Å². The van der Waals surface area contributed by atoms with E-state index in [-0.39, 0.29) is 6.54 Å². The molecule has 1 aromatic heterocycles. The molecule has 0 radical (unpaired) electrons. The van der Waals surface area contributed by atoms with Gasteiger partial charge in [-0.15, -0.1) is 0 Å². The van der Waals surface area contributed by atoms with Crippen LogP contribution in [0.4, 0.5) is 18.9 Å². The van der Waals surface area contributed by atoms with Crippen LogP contribution in [0.2, 0.25) is 0 Å². The average Bonchev–Trinajstić information content (AvgIpc) is 3.36. The number of aromatic nitrogens is 1. The Bertz CT molecular complexity index is 1180. The standard InChI is InChI=1S/C25H28F3N3O4/c1-33-21-15-18-20(16-22(21)34-13-6-12-31-10-4-5-11-31)30-19-8-3-2-7-17(19)23(18)29-9-14-35-24(32)25(26,27)28/h2-3,7-8,15-16H,4-6,9-14H2,1H3,(H,29,30). The van der Waals surface area contributed by atoms with E-state index in [4.69, 9.17) is 14.5 Å². The van der Waals surface area contributed by atoms with Crippen LogP contribution in [0, 0.1) is 0 Å². The number of pyridine rings is 1. The maximum absolute atomic E-state index is 12.4. The predicted octanol–water partition coefficient (Wildman–Crippen LogP) is 4.78. The molecule has 0 amide bonds. The Morgan fingerprint density at radius 3 is 2.57 bits per heavy atom. The second kappa shape index (κ2) is 11.0. The number of fused-ring (bicyclic) bond motifs is 2. The number of ether oxygens (including phenoxy) is 3. The number of benzene rings is 2. The first-order chi connectivity index (χ1) is 16.9. The van der Waals surface area contributed by atoms with Crippen LogP contribution in [0.3, 0.4) is 0 Å². The highest BCUT2D eigenvalue weighted by atomic mass is 19.4. The summed E-state index contributed by atoms with van der Waals surface area (Å²) in [5.74, 6) is -1.10. The number of nitrogens with one attached hydrogen (secondary N) is 1. The van der Waals surface area contributed by atoms with Gasteiger partial charge in [0.25, 0.3) is 0 Å². The Morgan fingerprint density at radius 1 is 1.06 bits per heavy atom. The third kappa shape index (κ3) is 6.05. The first-order valence-corrected chi connectivity index (χ1v) is 11.6. The van der Waals surface area contributed by atoms with Gasteiger partial charge in [0.05, 0.1) is 30.4 Å². The lowest BCUT2D eigenvalue weighted by atomic mass is 10.1. The van der Waals surface area contributed by atoms with E-state index in [1.54, 1.807) is 13.2 Å². The number of carbonyl (C=O) groups is 1. The number of carbonyl (C=O) groups excluding carboxylic acids is 1. The van der Waals surface area contributed by atoms with Gasteiger partial charge in [0, 0.05) is 29.9 Å². The number of nitrogens with zero attached hydrogens (tertiary/aromatic N) is 2. The molecule has 7 nitrogen and oxygen atoms in total. The van der Waals surface area contributed by atoms with E-state index in [1.807, 2.05) is 30.3 Å². The van der Waals surface area contributed by atoms with Crippen molar-refractivity contribution in [3.8, 4) is 11.5 Å². The molecule has 10 heteroatoms. The highest BCUT2D eigenvalue weighted by molar-refractivity contribution is 6.08. The fourth-order valence-corrected chi connectivity index (χ4v) is 4.24. The van der Waals surface area contributed by atoms with Crippen molar-refractivity contribution in [1.29, 1.82) is 0 Å². The van der Waals surface area contributed by atoms with Gasteiger partial charge in [0.2, 0.25) is 0 Å². The number of alkyl halides is 3. The van der Waals surface area contributed by atoms with Gasteiger partial charge in [0.1, 0.15) is 6.61 Å². The van der Waals surface area contributed by atoms with E-state index in [0.717, 1.165) is 31.4 Å². The van der Waals surface area contributed by atoms with Gasteiger partial charge in [0.15, 0.2) is 11.5 Å². The molecule has 1 N–H and O–H groups in total. The highest BCUT2D eigenvalue weighted by Crippen LogP contribution is 2.38. The molecule has 1 saturated heterocycles. The summed E-state index contributed by atoms with van der Waals surface area (Å²) in [6.45, 7) is 3.37. The number of methoxy groups -OCH3 is 1. The van der Waals surface area contributed by atoms with Crippen LogP contribution >= 0.6 is 0 Å². The molecule has 1 fully saturated rings. The van der Waals surface area contributed by atoms with Gasteiger partial charge in [-0.3, -0.25) is 0 Å². The summed E-state index contributed by atoms with van der Waals surface area (Å²) >= 11 is 0. The zero-order valence-electron chi connectivity index (χ0n) is 19.5. The zero-order chi connectivity index (χ0) is 24.8. The summed E-state index contributed by atoms with van der Waals surface area (Å²) in [5, 5.41) is 4.60. The number of anilines is 1. The number of rotatable bonds is 10. The number of para-hydroxylation sites is 1. The summed E-state index contributed by atoms with van der Waals surface area (Å²) in [5.41, 5.74) is 2.02. The SMILES string of the molecule is COc1cc2c(NCCOC(=O)C(F)(F)F)c3ccccc3nc2cc1OCCCN1CCCC1. The Hall–Kier alpha value is -3.27. The Balaban J connectivity index is 1.54. The fraction of sp³-hybridized carbons (Fsp3) is 0.440. The van der Waals surface area contributed by atoms with Gasteiger partial charge in [-0.1, -0.05) is 18.2 Å². The predicted molar refractivity (Wildman–Crippen MR) is 127 cm³/mol. The Morgan fingerprint density at radius 2 is 1.83 bits per heavy atom. The van der Waals surface area contributed by atoms with E-state index in [9.17, 15) is 18.0 Å². The number of halogens is 3. The van der Waals surface area contributed by atoms with Crippen molar-refractivity contribution in [3.05, 3.63) is 36.4 Å². The van der Waals surface area contributed by atoms with E-state index in [2.05, 4.69) is 15.0 Å². The van der Waals surface area contributed by atoms with Crippen molar-refractivity contribution in [2.45, 2.75) is 25.4 Å². The smallest absolute Gasteiger partial charge is 0.490 e. The van der Waals surface area contributed by atoms with E-state index >= 15 is 0 Å². The molecular formula is C25H28F3N3O4. The maximum atomic E-state index is 12.4. The molecule has 0 atom stereocenters. The summed E-state index contributed by atoms with van der Waals surface area (Å²) in [6.07, 6.45) is -1.62. The van der Waals surface area contributed by atoms with Gasteiger partial charge in [-0.25, -0.2) is 9.78 Å². The average molecular weight is 492 g/mol. The molecule has 2 aromatic carbocycles. The molecule has 1 aliphatic rings. The lowest BCUT2D eigenvalue weighted by Gasteiger charge is -2.17. The first-order valence-electron chi connectivity index (χ1n) is 11.6. The summed E-state index contributed by atoms with van der Waals surface area (Å²) < 4.78 is 53.1. The van der Waals surface area contributed by atoms with Crippen LogP contribution < -0.4 is 14.8 Å². The van der Waals surface area contributed by atoms with Crippen LogP contribution in [0.1, 0.15) is 19.3 Å². The molecule has 1 aliphatic heterocycles. The van der Waals surface area contributed by atoms with Crippen molar-refractivity contribution >= 4 is 33.5 Å². The number of hydrogen-bond donors (Lipinski definition) is 1. The minimum Gasteiger partial charge on any atom is -0.493 e. The lowest BCUT2D eigenvalue weighted by Crippen LogP contribution is -2.27. The number of likely N-dealkylation sites (tertiary alicyclic amines) is 1. The van der Waals surface area contributed by atoms with Gasteiger partial charge >= 0.3 is 12.1 Å². The molecule has 4 rings (SSSR count). The minimum atomic E-state index is -5.02. The minimum absolute atomic E-state index is 0.0119. The number of esters is 1. The van der Waals surface area contributed by atoms with E-state index < -0.39 is 18.8 Å². The van der Waals surface area contributed by atoms with Crippen molar-refractivity contribution in [2.75, 3.05) is 51.8 Å². The van der Waals surface area contributed by atoms with Crippen molar-refractivity contribution in [1.82, 2.24) is 9.88 Å². The quantitative estimate of drug-likeness (QED) is 0.249. The fourth-order valence-electron chi connectivity index (χ4n) is 4.24. The molecule has 0 saturated carbocycles. The highest BCUT2D eigenvalue weighted by Gasteiger charge is 2.40. The van der Waals surface area contributed by atoms with Gasteiger partial charge in [-0.05, 0) is 44.5 Å². The monoisotopic (exact) mass is 491 g/mol. The summed E-state index contributed by atoms with van der Waals surface area (Å²) in [6, 6.07) is 11.0. The van der Waals surface area contributed by atoms with Crippen molar-refractivity contribution in [3.63, 3.8) is 0 Å². The maximum Gasteiger partial charge on any atom is 0.490 e. The Labute approximate surface area is 201 Å². The third-order valence-electron chi connectivity index (χ3n) is 5.91. The first kappa shape index (κ1) is 24.8. The van der Waals surface area contributed by atoms with Crippen LogP contribution in [0.25, 0.3) is 21.8 Å². The third-order valence-corrected chi connectivity index (χ3v) is 5.91. The lowest BCUT2D eigenvalue weighted by molar-refractivity contribution is -0.199. The van der Waals surface area contributed by atoms with Crippen LogP contribution in [0.15, 0.2) is 36.4 Å². The molecule has 188 valence electrons. The molecule has 0 spiro atoms. The van der Waals surface area contributed by atoms with E-state index in [0.29, 0.717) is 40.2 Å². The van der Waals surface area contributed by atoms with Gasteiger partial charge < -0.3 is 24.4 Å². The molecule has 2 heterocycles. The van der Waals surface area contributed by atoms with Gasteiger partial charge in [-0.2, -0.15) is 13.2 Å². The van der Waals surface area contributed by atoms with E-state index in [1.165, 1.54) is 12.8 Å². The molecule has 35 heavy (non-hydrogen) atoms. The normalized spacial score (nSPS) is 14.4. The molecule has 0 bridgehead atoms. The molecular weight excluding hydrogens is 463 g/mol. The number of hydrogen-bond acceptors (Lipinski definition) is 7. The summed E-state index contributed by atoms with van der Waals surface area (Å²) in [4.78, 5) is 18.2. The second-order valence-electron chi connectivity index (χ2n) is 8.34. The van der Waals surface area contributed by atoms with Crippen molar-refractivity contribution < 1.29 is 32.2 Å². The largest absolute Gasteiger partial charge is 0.493 e. The molecule has 3 aromatic rings. The second-order valence-corrected chi connectivity index (χ2v) is 8.34. The molecule has 0 unspecified atom stereocenters. The zero-order valence-corrected chi connectivity index (χ0v) is 19.5. The van der Waals surface area contributed by atoms with Crippen molar-refractivity contribution in [2.24, 2.45) is 0 Å². The van der Waals surface area contributed by atoms with Crippen LogP contribution in [-0.2, 0) is 9.53 Å². The Kier molecular flexibility index (Phi) is 7.80. The molecule has 0 aliphatic carbocycles. The van der Waals surface area contributed by atoms with Crippen LogP contribution in [0.5, 0.6) is 11.5 Å². The summed E-state index contributed by atoms with van der Waals surface area (Å²) in [7, 11) is 1.55. The topological polar surface area (TPSA) is 72.9 Å².